The van der Waals surface area contributed by atoms with Crippen molar-refractivity contribution in [1.82, 2.24) is 0 Å². The molecule has 0 fully saturated rings. The maximum absolute atomic E-state index is 8.89. The molecule has 1 aromatic carbocycles. The summed E-state index contributed by atoms with van der Waals surface area (Å²) in [6.45, 7) is 2.08. The van der Waals surface area contributed by atoms with Crippen LogP contribution in [0.5, 0.6) is 0 Å². The van der Waals surface area contributed by atoms with E-state index in [9.17, 15) is 0 Å². The first-order valence-electron chi connectivity index (χ1n) is 5.37. The SMILES string of the molecule is CC1CC(c2cccc(N)c2)=CC=C1C#N. The molecule has 1 aliphatic rings. The van der Waals surface area contributed by atoms with E-state index in [1.165, 1.54) is 5.57 Å². The fraction of sp³-hybridized carbons (Fsp3) is 0.214. The highest BCUT2D eigenvalue weighted by Crippen LogP contribution is 2.31. The lowest BCUT2D eigenvalue weighted by Gasteiger charge is -2.17. The summed E-state index contributed by atoms with van der Waals surface area (Å²) in [7, 11) is 0. The molecular weight excluding hydrogens is 196 g/mol. The summed E-state index contributed by atoms with van der Waals surface area (Å²) < 4.78 is 0. The van der Waals surface area contributed by atoms with E-state index in [2.05, 4.69) is 19.1 Å². The average molecular weight is 210 g/mol. The molecule has 0 aliphatic heterocycles. The Labute approximate surface area is 95.7 Å². The largest absolute Gasteiger partial charge is 0.399 e. The fourth-order valence-corrected chi connectivity index (χ4v) is 1.96. The zero-order chi connectivity index (χ0) is 11.5. The van der Waals surface area contributed by atoms with Gasteiger partial charge < -0.3 is 5.73 Å². The number of anilines is 1. The summed E-state index contributed by atoms with van der Waals surface area (Å²) in [5, 5.41) is 8.89. The Bertz CT molecular complexity index is 504. The molecule has 2 N–H and O–H groups in total. The fourth-order valence-electron chi connectivity index (χ4n) is 1.96. The van der Waals surface area contributed by atoms with E-state index < -0.39 is 0 Å². The standard InChI is InChI=1S/C14H14N2/c1-10-7-12(5-6-13(10)9-15)11-3-2-4-14(16)8-11/h2-6,8,10H,7,16H2,1H3. The van der Waals surface area contributed by atoms with Gasteiger partial charge in [-0.05, 0) is 41.7 Å². The second kappa shape index (κ2) is 4.24. The molecule has 1 unspecified atom stereocenters. The third-order valence-electron chi connectivity index (χ3n) is 2.91. The Balaban J connectivity index is 2.35. The minimum Gasteiger partial charge on any atom is -0.399 e. The molecule has 1 aromatic rings. The van der Waals surface area contributed by atoms with Crippen LogP contribution in [0.4, 0.5) is 5.69 Å². The summed E-state index contributed by atoms with van der Waals surface area (Å²) >= 11 is 0. The number of nitrogens with zero attached hydrogens (tertiary/aromatic N) is 1. The van der Waals surface area contributed by atoms with Crippen molar-refractivity contribution in [3.8, 4) is 6.07 Å². The summed E-state index contributed by atoms with van der Waals surface area (Å²) in [4.78, 5) is 0. The molecular formula is C14H14N2. The van der Waals surface area contributed by atoms with E-state index in [0.29, 0.717) is 5.92 Å². The molecule has 2 rings (SSSR count). The normalized spacial score (nSPS) is 19.6. The van der Waals surface area contributed by atoms with E-state index in [1.54, 1.807) is 0 Å². The Hall–Kier alpha value is -2.01. The molecule has 0 heterocycles. The lowest BCUT2D eigenvalue weighted by molar-refractivity contribution is 0.719. The molecule has 2 heteroatoms. The Morgan fingerprint density at radius 1 is 1.38 bits per heavy atom. The van der Waals surface area contributed by atoms with Crippen LogP contribution in [0, 0.1) is 17.2 Å². The quantitative estimate of drug-likeness (QED) is 0.724. The maximum Gasteiger partial charge on any atom is 0.0950 e. The van der Waals surface area contributed by atoms with Crippen LogP contribution in [-0.4, -0.2) is 0 Å². The monoisotopic (exact) mass is 210 g/mol. The van der Waals surface area contributed by atoms with Gasteiger partial charge in [0.25, 0.3) is 0 Å². The number of nitrogens with two attached hydrogens (primary N) is 1. The Kier molecular flexibility index (Phi) is 2.78. The Morgan fingerprint density at radius 3 is 2.81 bits per heavy atom. The zero-order valence-corrected chi connectivity index (χ0v) is 9.27. The van der Waals surface area contributed by atoms with Crippen LogP contribution in [0.2, 0.25) is 0 Å². The van der Waals surface area contributed by atoms with Gasteiger partial charge in [-0.15, -0.1) is 0 Å². The van der Waals surface area contributed by atoms with Crippen LogP contribution in [0.1, 0.15) is 18.9 Å². The van der Waals surface area contributed by atoms with E-state index in [0.717, 1.165) is 23.2 Å². The van der Waals surface area contributed by atoms with Gasteiger partial charge >= 0.3 is 0 Å². The third kappa shape index (κ3) is 1.99. The van der Waals surface area contributed by atoms with Crippen LogP contribution in [-0.2, 0) is 0 Å². The van der Waals surface area contributed by atoms with E-state index >= 15 is 0 Å². The summed E-state index contributed by atoms with van der Waals surface area (Å²) in [5.41, 5.74) is 9.79. The molecule has 0 bridgehead atoms. The molecule has 0 aromatic heterocycles. The highest BCUT2D eigenvalue weighted by molar-refractivity contribution is 5.71. The summed E-state index contributed by atoms with van der Waals surface area (Å²) in [6, 6.07) is 10.1. The van der Waals surface area contributed by atoms with Crippen molar-refractivity contribution in [2.75, 3.05) is 5.73 Å². The van der Waals surface area contributed by atoms with Crippen molar-refractivity contribution in [3.05, 3.63) is 47.6 Å². The number of hydrogen-bond donors (Lipinski definition) is 1. The first kappa shape index (κ1) is 10.5. The third-order valence-corrected chi connectivity index (χ3v) is 2.91. The molecule has 1 aliphatic carbocycles. The second-order valence-electron chi connectivity index (χ2n) is 4.16. The molecule has 1 atom stereocenters. The summed E-state index contributed by atoms with van der Waals surface area (Å²) in [6.07, 6.45) is 4.84. The van der Waals surface area contributed by atoms with Crippen molar-refractivity contribution in [3.63, 3.8) is 0 Å². The van der Waals surface area contributed by atoms with Gasteiger partial charge in [0.2, 0.25) is 0 Å². The van der Waals surface area contributed by atoms with Crippen LogP contribution < -0.4 is 5.73 Å². The van der Waals surface area contributed by atoms with Crippen molar-refractivity contribution in [2.24, 2.45) is 5.92 Å². The van der Waals surface area contributed by atoms with E-state index in [1.807, 2.05) is 30.4 Å². The van der Waals surface area contributed by atoms with E-state index in [-0.39, 0.29) is 0 Å². The van der Waals surface area contributed by atoms with Gasteiger partial charge in [-0.1, -0.05) is 25.1 Å². The van der Waals surface area contributed by atoms with Crippen molar-refractivity contribution < 1.29 is 0 Å². The topological polar surface area (TPSA) is 49.8 Å². The minimum absolute atomic E-state index is 0.298. The molecule has 0 radical (unpaired) electrons. The number of hydrogen-bond acceptors (Lipinski definition) is 2. The predicted molar refractivity (Wildman–Crippen MR) is 66.3 cm³/mol. The molecule has 0 saturated heterocycles. The minimum atomic E-state index is 0.298. The maximum atomic E-state index is 8.89. The van der Waals surface area contributed by atoms with Crippen molar-refractivity contribution in [1.29, 1.82) is 5.26 Å². The van der Waals surface area contributed by atoms with Crippen LogP contribution >= 0.6 is 0 Å². The predicted octanol–water partition coefficient (Wildman–Crippen LogP) is 3.14. The number of rotatable bonds is 1. The average Bonchev–Trinajstić information content (AvgIpc) is 2.29. The molecule has 0 amide bonds. The lowest BCUT2D eigenvalue weighted by Crippen LogP contribution is -2.03. The second-order valence-corrected chi connectivity index (χ2v) is 4.16. The molecule has 16 heavy (non-hydrogen) atoms. The first-order valence-corrected chi connectivity index (χ1v) is 5.37. The van der Waals surface area contributed by atoms with Crippen molar-refractivity contribution >= 4 is 11.3 Å². The molecule has 2 nitrogen and oxygen atoms in total. The zero-order valence-electron chi connectivity index (χ0n) is 9.27. The van der Waals surface area contributed by atoms with Crippen molar-refractivity contribution in [2.45, 2.75) is 13.3 Å². The van der Waals surface area contributed by atoms with Gasteiger partial charge in [0, 0.05) is 11.3 Å². The smallest absolute Gasteiger partial charge is 0.0950 e. The van der Waals surface area contributed by atoms with Crippen LogP contribution in [0.3, 0.4) is 0 Å². The number of benzene rings is 1. The number of nitrogen functional groups attached to an aromatic ring is 1. The van der Waals surface area contributed by atoms with Gasteiger partial charge in [0.05, 0.1) is 6.07 Å². The van der Waals surface area contributed by atoms with Gasteiger partial charge in [-0.2, -0.15) is 5.26 Å². The molecule has 0 saturated carbocycles. The summed E-state index contributed by atoms with van der Waals surface area (Å²) in [5.74, 6) is 0.298. The van der Waals surface area contributed by atoms with Gasteiger partial charge in [0.15, 0.2) is 0 Å². The number of nitriles is 1. The van der Waals surface area contributed by atoms with Crippen LogP contribution in [0.15, 0.2) is 42.0 Å². The van der Waals surface area contributed by atoms with Gasteiger partial charge in [0.1, 0.15) is 0 Å². The van der Waals surface area contributed by atoms with E-state index in [4.69, 9.17) is 11.0 Å². The van der Waals surface area contributed by atoms with Crippen LogP contribution in [0.25, 0.3) is 5.57 Å². The molecule has 0 spiro atoms. The number of allylic oxidation sites excluding steroid dienone is 4. The van der Waals surface area contributed by atoms with Gasteiger partial charge in [-0.25, -0.2) is 0 Å². The first-order chi connectivity index (χ1) is 7.70. The Morgan fingerprint density at radius 2 is 2.19 bits per heavy atom. The van der Waals surface area contributed by atoms with Gasteiger partial charge in [-0.3, -0.25) is 0 Å². The lowest BCUT2D eigenvalue weighted by atomic mass is 9.86. The molecule has 80 valence electrons. The highest BCUT2D eigenvalue weighted by Gasteiger charge is 2.15. The highest BCUT2D eigenvalue weighted by atomic mass is 14.5.